The minimum absolute atomic E-state index is 0.0283. The topological polar surface area (TPSA) is 91.1 Å². The smallest absolute Gasteiger partial charge is 0.146 e. The normalized spacial score (nSPS) is 15.8. The second kappa shape index (κ2) is 21.0. The van der Waals surface area contributed by atoms with E-state index in [0.717, 1.165) is 63.8 Å². The zero-order chi connectivity index (χ0) is 41.0. The quantitative estimate of drug-likeness (QED) is 0.0644. The molecular formula is C49H71N3O3. The summed E-state index contributed by atoms with van der Waals surface area (Å²) in [4.78, 5) is 34.3. The number of fused-ring (bicyclic) bond motifs is 1. The van der Waals surface area contributed by atoms with Crippen molar-refractivity contribution in [2.75, 3.05) is 0 Å². The fraction of sp³-hybridized carbons (Fsp3) is 0.551. The second-order valence-corrected chi connectivity index (χ2v) is 17.2. The average molecular weight is 750 g/mol. The summed E-state index contributed by atoms with van der Waals surface area (Å²) < 4.78 is 0. The van der Waals surface area contributed by atoms with E-state index in [2.05, 4.69) is 122 Å². The summed E-state index contributed by atoms with van der Waals surface area (Å²) in [6, 6.07) is 19.2. The van der Waals surface area contributed by atoms with Crippen molar-refractivity contribution in [3.05, 3.63) is 71.9 Å². The highest BCUT2D eigenvalue weighted by Gasteiger charge is 2.38. The number of nitrogens with zero attached hydrogens (tertiary/aromatic N) is 2. The minimum Gasteiger partial charge on any atom is -0.375 e. The molecule has 300 valence electrons. The fourth-order valence-corrected chi connectivity index (χ4v) is 7.35. The third-order valence-corrected chi connectivity index (χ3v) is 11.4. The number of Topliss-reactive ketones (excluding diaryl/α,β-unsaturated/α-hetero) is 2. The van der Waals surface area contributed by atoms with Gasteiger partial charge < -0.3 is 5.11 Å². The first-order valence-electron chi connectivity index (χ1n) is 20.8. The van der Waals surface area contributed by atoms with E-state index in [-0.39, 0.29) is 17.6 Å². The molecule has 3 aromatic rings. The molecule has 2 N–H and O–H groups in total. The number of rotatable bonds is 21. The highest BCUT2D eigenvalue weighted by atomic mass is 16.3. The Bertz CT molecular complexity index is 1830. The Morgan fingerprint density at radius 1 is 0.873 bits per heavy atom. The minimum atomic E-state index is -1.25. The van der Waals surface area contributed by atoms with Crippen molar-refractivity contribution in [3.63, 3.8) is 0 Å². The van der Waals surface area contributed by atoms with Gasteiger partial charge in [-0.2, -0.15) is 0 Å². The predicted molar refractivity (Wildman–Crippen MR) is 236 cm³/mol. The van der Waals surface area contributed by atoms with Gasteiger partial charge in [0.15, 0.2) is 0 Å². The van der Waals surface area contributed by atoms with Crippen LogP contribution < -0.4 is 5.32 Å². The van der Waals surface area contributed by atoms with Crippen LogP contribution in [0.25, 0.3) is 27.5 Å². The van der Waals surface area contributed by atoms with Crippen LogP contribution in [0.4, 0.5) is 5.69 Å². The molecule has 4 unspecified atom stereocenters. The first-order chi connectivity index (χ1) is 25.9. The maximum absolute atomic E-state index is 12.3. The van der Waals surface area contributed by atoms with Crippen LogP contribution in [0, 0.1) is 36.5 Å². The molecule has 0 radical (unpaired) electrons. The van der Waals surface area contributed by atoms with Gasteiger partial charge in [0.25, 0.3) is 0 Å². The monoisotopic (exact) mass is 750 g/mol. The predicted octanol–water partition coefficient (Wildman–Crippen LogP) is 12.5. The number of aliphatic hydroxyl groups is 1. The second-order valence-electron chi connectivity index (χ2n) is 17.2. The molecule has 0 aromatic heterocycles. The van der Waals surface area contributed by atoms with Gasteiger partial charge in [0.2, 0.25) is 0 Å². The van der Waals surface area contributed by atoms with Gasteiger partial charge in [0.1, 0.15) is 17.3 Å². The largest absolute Gasteiger partial charge is 0.375 e. The molecular weight excluding hydrogens is 679 g/mol. The molecule has 0 aliphatic heterocycles. The number of aliphatic imine (C=N–C) groups is 2. The van der Waals surface area contributed by atoms with Crippen molar-refractivity contribution in [3.8, 4) is 11.1 Å². The average Bonchev–Trinajstić information content (AvgIpc) is 3.12. The molecule has 3 aromatic carbocycles. The van der Waals surface area contributed by atoms with Crippen molar-refractivity contribution >= 4 is 45.0 Å². The van der Waals surface area contributed by atoms with Gasteiger partial charge in [-0.25, -0.2) is 0 Å². The van der Waals surface area contributed by atoms with Gasteiger partial charge in [0.05, 0.1) is 11.7 Å². The first kappa shape index (κ1) is 45.6. The number of hydrogen-bond donors (Lipinski definition) is 2. The number of ketones is 2. The van der Waals surface area contributed by atoms with E-state index in [1.807, 2.05) is 27.0 Å². The molecule has 0 heterocycles. The molecule has 0 bridgehead atoms. The summed E-state index contributed by atoms with van der Waals surface area (Å²) >= 11 is 0. The Hall–Kier alpha value is -3.74. The van der Waals surface area contributed by atoms with Crippen molar-refractivity contribution < 1.29 is 14.7 Å². The van der Waals surface area contributed by atoms with E-state index in [1.54, 1.807) is 6.92 Å². The zero-order valence-electron chi connectivity index (χ0n) is 36.3. The lowest BCUT2D eigenvalue weighted by Crippen LogP contribution is -2.58. The van der Waals surface area contributed by atoms with Crippen LogP contribution >= 0.6 is 0 Å². The molecule has 6 nitrogen and oxygen atoms in total. The number of unbranched alkanes of at least 4 members (excludes halogenated alkanes) is 1. The molecule has 3 rings (SSSR count). The molecule has 55 heavy (non-hydrogen) atoms. The summed E-state index contributed by atoms with van der Waals surface area (Å²) in [6.45, 7) is 26.8. The van der Waals surface area contributed by atoms with Gasteiger partial charge in [-0.15, -0.1) is 0 Å². The van der Waals surface area contributed by atoms with E-state index >= 15 is 0 Å². The molecule has 0 spiro atoms. The van der Waals surface area contributed by atoms with Crippen LogP contribution in [-0.4, -0.2) is 39.9 Å². The van der Waals surface area contributed by atoms with E-state index < -0.39 is 11.8 Å². The number of carbonyl (C=O) groups is 2. The van der Waals surface area contributed by atoms with Crippen LogP contribution in [-0.2, 0) is 9.59 Å². The molecule has 4 atom stereocenters. The highest BCUT2D eigenvalue weighted by Crippen LogP contribution is 2.34. The Morgan fingerprint density at radius 3 is 2.11 bits per heavy atom. The number of carbonyl (C=O) groups excluding carboxylic acids is 2. The van der Waals surface area contributed by atoms with E-state index in [9.17, 15) is 14.7 Å². The summed E-state index contributed by atoms with van der Waals surface area (Å²) in [7, 11) is 0. The molecule has 0 aliphatic rings. The maximum atomic E-state index is 12.3. The van der Waals surface area contributed by atoms with Crippen LogP contribution in [0.5, 0.6) is 0 Å². The summed E-state index contributed by atoms with van der Waals surface area (Å²) in [6.07, 6.45) is 7.43. The van der Waals surface area contributed by atoms with Gasteiger partial charge in [0, 0.05) is 42.8 Å². The summed E-state index contributed by atoms with van der Waals surface area (Å²) in [5, 5.41) is 17.5. The zero-order valence-corrected chi connectivity index (χ0v) is 36.3. The van der Waals surface area contributed by atoms with Crippen molar-refractivity contribution in [2.45, 2.75) is 147 Å². The van der Waals surface area contributed by atoms with Crippen LogP contribution in [0.15, 0.2) is 70.8 Å². The van der Waals surface area contributed by atoms with E-state index in [1.165, 1.54) is 11.1 Å². The summed E-state index contributed by atoms with van der Waals surface area (Å²) in [5.41, 5.74) is 7.38. The number of aryl methyl sites for hydroxylation is 1. The molecule has 0 saturated heterocycles. The van der Waals surface area contributed by atoms with Crippen LogP contribution in [0.1, 0.15) is 139 Å². The summed E-state index contributed by atoms with van der Waals surface area (Å²) in [5.74, 6) is 1.68. The molecule has 0 saturated carbocycles. The number of benzene rings is 3. The Morgan fingerprint density at radius 2 is 1.53 bits per heavy atom. The standard InChI is InChI=1S/C49H71N3O3/c1-14-47(39(13)53)52-49(55,37(11)32(4)5)29-35(9)51-48-26-24-43-28-42(23-25-45(43)36(48)10)40-19-21-41(22-20-40)46(33(6)7)30-50-38(12)34(8)17-15-16-18-44(54)27-31(2)3/h19-26,28,30-34,37,47,52,55H,14-18,27,29H2,1-13H3/b46-30+,50-38+,51-35+. The molecule has 6 heteroatoms. The number of hydrogen-bond acceptors (Lipinski definition) is 6. The van der Waals surface area contributed by atoms with Gasteiger partial charge in [-0.05, 0) is 121 Å². The Kier molecular flexibility index (Phi) is 17.4. The maximum Gasteiger partial charge on any atom is 0.146 e. The number of allylic oxidation sites excluding steroid dienone is 1. The van der Waals surface area contributed by atoms with Crippen molar-refractivity contribution in [1.82, 2.24) is 5.32 Å². The SMILES string of the molecule is CCC(NC(O)(C/C(C)=N/c1ccc2cc(-c3ccc(/C(=C/N=C(\C)C(C)CCCCC(=O)CC(C)C)C(C)C)cc3)ccc2c1C)C(C)C(C)C)C(C)=O. The van der Waals surface area contributed by atoms with E-state index in [0.29, 0.717) is 49.2 Å². The third kappa shape index (κ3) is 13.2. The molecule has 0 aliphatic carbocycles. The van der Waals surface area contributed by atoms with Gasteiger partial charge in [-0.1, -0.05) is 111 Å². The lowest BCUT2D eigenvalue weighted by molar-refractivity contribution is -0.124. The molecule has 0 amide bonds. The Labute approximate surface area is 333 Å². The van der Waals surface area contributed by atoms with Crippen molar-refractivity contribution in [1.29, 1.82) is 0 Å². The van der Waals surface area contributed by atoms with E-state index in [4.69, 9.17) is 9.98 Å². The lowest BCUT2D eigenvalue weighted by atomic mass is 9.83. The van der Waals surface area contributed by atoms with Gasteiger partial charge in [-0.3, -0.25) is 24.9 Å². The third-order valence-electron chi connectivity index (χ3n) is 11.4. The van der Waals surface area contributed by atoms with Crippen molar-refractivity contribution in [2.24, 2.45) is 39.6 Å². The van der Waals surface area contributed by atoms with Crippen LogP contribution in [0.3, 0.4) is 0 Å². The lowest BCUT2D eigenvalue weighted by Gasteiger charge is -2.39. The van der Waals surface area contributed by atoms with Gasteiger partial charge >= 0.3 is 0 Å². The molecule has 0 fully saturated rings. The number of nitrogens with one attached hydrogen (secondary N) is 1. The highest BCUT2D eigenvalue weighted by molar-refractivity contribution is 5.94. The fourth-order valence-electron chi connectivity index (χ4n) is 7.35. The Balaban J connectivity index is 1.78. The van der Waals surface area contributed by atoms with Crippen LogP contribution in [0.2, 0.25) is 0 Å². The first-order valence-corrected chi connectivity index (χ1v) is 20.8.